The van der Waals surface area contributed by atoms with Gasteiger partial charge in [-0.25, -0.2) is 13.3 Å². The zero-order chi connectivity index (χ0) is 21.4. The summed E-state index contributed by atoms with van der Waals surface area (Å²) in [4.78, 5) is 27.2. The molecule has 7 heteroatoms. The van der Waals surface area contributed by atoms with E-state index in [9.17, 15) is 18.0 Å². The summed E-state index contributed by atoms with van der Waals surface area (Å²) in [5, 5.41) is 0. The fraction of sp³-hybridized carbons (Fsp3) is 0.364. The van der Waals surface area contributed by atoms with E-state index in [0.717, 1.165) is 10.5 Å². The molecule has 0 radical (unpaired) electrons. The van der Waals surface area contributed by atoms with E-state index >= 15 is 0 Å². The van der Waals surface area contributed by atoms with Gasteiger partial charge in [-0.05, 0) is 51.5 Å². The highest BCUT2D eigenvalue weighted by Crippen LogP contribution is 2.35. The molecule has 0 aromatic heterocycles. The van der Waals surface area contributed by atoms with E-state index < -0.39 is 33.4 Å². The van der Waals surface area contributed by atoms with E-state index in [2.05, 4.69) is 0 Å². The zero-order valence-electron chi connectivity index (χ0n) is 17.1. The topological polar surface area (TPSA) is 74.8 Å². The number of imide groups is 1. The van der Waals surface area contributed by atoms with Crippen molar-refractivity contribution in [2.45, 2.75) is 57.0 Å². The number of amides is 2. The van der Waals surface area contributed by atoms with Gasteiger partial charge in [0, 0.05) is 5.54 Å². The van der Waals surface area contributed by atoms with Crippen LogP contribution in [0.1, 0.15) is 39.2 Å². The molecule has 2 amide bonds. The van der Waals surface area contributed by atoms with Crippen LogP contribution in [0, 0.1) is 6.92 Å². The highest BCUT2D eigenvalue weighted by molar-refractivity contribution is 7.89. The Morgan fingerprint density at radius 2 is 1.62 bits per heavy atom. The van der Waals surface area contributed by atoms with E-state index in [-0.39, 0.29) is 11.3 Å². The molecule has 0 bridgehead atoms. The van der Waals surface area contributed by atoms with Crippen molar-refractivity contribution in [1.29, 1.82) is 0 Å². The number of nitrogens with zero attached hydrogens (tertiary/aromatic N) is 2. The Hall–Kier alpha value is -2.51. The molecular formula is C22H26N2O4S. The number of carbonyl (C=O) groups is 2. The number of benzene rings is 2. The fourth-order valence-corrected chi connectivity index (χ4v) is 5.53. The Bertz CT molecular complexity index is 1010. The molecule has 2 aromatic carbocycles. The molecule has 1 atom stereocenters. The first-order valence-electron chi connectivity index (χ1n) is 9.62. The van der Waals surface area contributed by atoms with Gasteiger partial charge in [-0.15, -0.1) is 0 Å². The van der Waals surface area contributed by atoms with Crippen molar-refractivity contribution in [2.24, 2.45) is 0 Å². The minimum absolute atomic E-state index is 0.114. The van der Waals surface area contributed by atoms with Crippen molar-refractivity contribution in [3.8, 4) is 0 Å². The molecule has 29 heavy (non-hydrogen) atoms. The number of hydrogen-bond acceptors (Lipinski definition) is 4. The molecule has 3 rings (SSSR count). The highest BCUT2D eigenvalue weighted by Gasteiger charge is 2.51. The predicted molar refractivity (Wildman–Crippen MR) is 112 cm³/mol. The predicted octanol–water partition coefficient (Wildman–Crippen LogP) is 3.51. The first kappa shape index (κ1) is 21.2. The second-order valence-corrected chi connectivity index (χ2v) is 9.72. The molecule has 0 spiro atoms. The van der Waals surface area contributed by atoms with Gasteiger partial charge < -0.3 is 0 Å². The average molecular weight is 415 g/mol. The summed E-state index contributed by atoms with van der Waals surface area (Å²) in [6, 6.07) is 14.1. The number of anilines is 1. The van der Waals surface area contributed by atoms with Crippen molar-refractivity contribution >= 4 is 27.5 Å². The van der Waals surface area contributed by atoms with Crippen molar-refractivity contribution in [1.82, 2.24) is 4.31 Å². The summed E-state index contributed by atoms with van der Waals surface area (Å²) in [7, 11) is -4.00. The van der Waals surface area contributed by atoms with E-state index in [0.29, 0.717) is 12.1 Å². The van der Waals surface area contributed by atoms with E-state index in [4.69, 9.17) is 0 Å². The van der Waals surface area contributed by atoms with Crippen LogP contribution in [0.15, 0.2) is 59.5 Å². The summed E-state index contributed by atoms with van der Waals surface area (Å²) in [6.07, 6.45) is 0.309. The molecule has 1 aliphatic rings. The quantitative estimate of drug-likeness (QED) is 0.678. The van der Waals surface area contributed by atoms with E-state index in [1.807, 2.05) is 13.8 Å². The molecule has 0 saturated carbocycles. The molecule has 1 fully saturated rings. The van der Waals surface area contributed by atoms with Gasteiger partial charge >= 0.3 is 0 Å². The summed E-state index contributed by atoms with van der Waals surface area (Å²) >= 11 is 0. The number of sulfonamides is 1. The normalized spacial score (nSPS) is 18.0. The monoisotopic (exact) mass is 414 g/mol. The van der Waals surface area contributed by atoms with Crippen LogP contribution in [0.25, 0.3) is 0 Å². The van der Waals surface area contributed by atoms with Crippen LogP contribution in [0.3, 0.4) is 0 Å². The van der Waals surface area contributed by atoms with Crippen molar-refractivity contribution in [3.05, 3.63) is 60.2 Å². The van der Waals surface area contributed by atoms with Gasteiger partial charge in [-0.2, -0.15) is 4.31 Å². The summed E-state index contributed by atoms with van der Waals surface area (Å²) in [5.74, 6) is -0.916. The molecule has 1 aliphatic heterocycles. The van der Waals surface area contributed by atoms with Gasteiger partial charge in [0.1, 0.15) is 6.04 Å². The number of hydrogen-bond donors (Lipinski definition) is 0. The van der Waals surface area contributed by atoms with Crippen LogP contribution in [0.2, 0.25) is 0 Å². The standard InChI is InChI=1S/C22H26N2O4S/c1-5-22(3,4)24(29(27,28)18-13-11-16(2)12-14-18)19-15-20(25)23(21(19)26)17-9-7-6-8-10-17/h6-14,19H,5,15H2,1-4H3. The van der Waals surface area contributed by atoms with Crippen LogP contribution < -0.4 is 4.90 Å². The lowest BCUT2D eigenvalue weighted by atomic mass is 10.00. The zero-order valence-corrected chi connectivity index (χ0v) is 17.9. The van der Waals surface area contributed by atoms with Crippen molar-refractivity contribution in [2.75, 3.05) is 4.90 Å². The minimum atomic E-state index is -4.00. The summed E-state index contributed by atoms with van der Waals surface area (Å²) in [5.41, 5.74) is 0.538. The Morgan fingerprint density at radius 1 is 1.03 bits per heavy atom. The van der Waals surface area contributed by atoms with Gasteiger partial charge in [0.05, 0.1) is 17.0 Å². The number of aryl methyl sites for hydroxylation is 1. The largest absolute Gasteiger partial charge is 0.274 e. The molecule has 154 valence electrons. The lowest BCUT2D eigenvalue weighted by molar-refractivity contribution is -0.122. The average Bonchev–Trinajstić information content (AvgIpc) is 2.96. The molecule has 2 aromatic rings. The lowest BCUT2D eigenvalue weighted by Crippen LogP contribution is -2.55. The smallest absolute Gasteiger partial charge is 0.252 e. The van der Waals surface area contributed by atoms with E-state index in [1.165, 1.54) is 4.31 Å². The maximum absolute atomic E-state index is 13.6. The number of para-hydroxylation sites is 1. The van der Waals surface area contributed by atoms with Gasteiger partial charge in [-0.1, -0.05) is 42.8 Å². The Kier molecular flexibility index (Phi) is 5.65. The molecule has 1 unspecified atom stereocenters. The van der Waals surface area contributed by atoms with Gasteiger partial charge in [0.15, 0.2) is 0 Å². The molecule has 0 aliphatic carbocycles. The maximum Gasteiger partial charge on any atom is 0.252 e. The third-order valence-electron chi connectivity index (χ3n) is 5.46. The number of rotatable bonds is 6. The molecule has 1 heterocycles. The Labute approximate surface area is 172 Å². The van der Waals surface area contributed by atoms with Crippen LogP contribution >= 0.6 is 0 Å². The highest BCUT2D eigenvalue weighted by atomic mass is 32.2. The molecule has 0 N–H and O–H groups in total. The maximum atomic E-state index is 13.6. The fourth-order valence-electron chi connectivity index (χ4n) is 3.54. The molecular weight excluding hydrogens is 388 g/mol. The van der Waals surface area contributed by atoms with Gasteiger partial charge in [0.2, 0.25) is 15.9 Å². The minimum Gasteiger partial charge on any atom is -0.274 e. The van der Waals surface area contributed by atoms with Crippen LogP contribution in [0.5, 0.6) is 0 Å². The van der Waals surface area contributed by atoms with Crippen molar-refractivity contribution < 1.29 is 18.0 Å². The van der Waals surface area contributed by atoms with E-state index in [1.54, 1.807) is 68.4 Å². The number of carbonyl (C=O) groups excluding carboxylic acids is 2. The lowest BCUT2D eigenvalue weighted by Gasteiger charge is -2.39. The van der Waals surface area contributed by atoms with Gasteiger partial charge in [-0.3, -0.25) is 9.59 Å². The molecule has 1 saturated heterocycles. The van der Waals surface area contributed by atoms with Crippen LogP contribution in [0.4, 0.5) is 5.69 Å². The van der Waals surface area contributed by atoms with Gasteiger partial charge in [0.25, 0.3) is 5.91 Å². The third kappa shape index (κ3) is 3.84. The first-order chi connectivity index (χ1) is 13.6. The van der Waals surface area contributed by atoms with Crippen LogP contribution in [-0.2, 0) is 19.6 Å². The first-order valence-corrected chi connectivity index (χ1v) is 11.1. The summed E-state index contributed by atoms with van der Waals surface area (Å²) in [6.45, 7) is 7.30. The SMILES string of the molecule is CCC(C)(C)N(C1CC(=O)N(c2ccccc2)C1=O)S(=O)(=O)c1ccc(C)cc1. The molecule has 6 nitrogen and oxygen atoms in total. The second-order valence-electron chi connectivity index (χ2n) is 7.90. The second kappa shape index (κ2) is 7.72. The third-order valence-corrected chi connectivity index (χ3v) is 7.59. The van der Waals surface area contributed by atoms with Crippen molar-refractivity contribution in [3.63, 3.8) is 0 Å². The Balaban J connectivity index is 2.08. The van der Waals surface area contributed by atoms with Crippen LogP contribution in [-0.4, -0.2) is 36.1 Å². The Morgan fingerprint density at radius 3 is 2.17 bits per heavy atom. The summed E-state index contributed by atoms with van der Waals surface area (Å²) < 4.78 is 28.4.